The molecule has 0 unspecified atom stereocenters. The number of amides is 1. The van der Waals surface area contributed by atoms with Crippen molar-refractivity contribution in [3.05, 3.63) is 75.3 Å². The number of nitrogens with one attached hydrogen (secondary N) is 1. The summed E-state index contributed by atoms with van der Waals surface area (Å²) in [7, 11) is 0. The quantitative estimate of drug-likeness (QED) is 0.501. The van der Waals surface area contributed by atoms with Gasteiger partial charge in [0, 0.05) is 12.1 Å². The van der Waals surface area contributed by atoms with E-state index in [-0.39, 0.29) is 23.4 Å². The minimum Gasteiger partial charge on any atom is -0.273 e. The molecule has 6 nitrogen and oxygen atoms in total. The molecule has 0 saturated carbocycles. The van der Waals surface area contributed by atoms with E-state index in [9.17, 15) is 14.9 Å². The molecule has 26 heavy (non-hydrogen) atoms. The standard InChI is InChI=1S/C20H23N3O3/c1-14(16-7-9-17(10-8-16)20(2,3)4)21-22-19(24)13-15-5-11-18(12-6-15)23(25)26/h5-12H,13H2,1-4H3,(H,22,24)/b21-14+. The van der Waals surface area contributed by atoms with E-state index < -0.39 is 4.92 Å². The van der Waals surface area contributed by atoms with Crippen LogP contribution < -0.4 is 5.43 Å². The molecular weight excluding hydrogens is 330 g/mol. The van der Waals surface area contributed by atoms with Gasteiger partial charge in [-0.2, -0.15) is 5.10 Å². The first kappa shape index (κ1) is 19.3. The fourth-order valence-corrected chi connectivity index (χ4v) is 2.38. The minimum absolute atomic E-state index is 0.00160. The van der Waals surface area contributed by atoms with Crippen molar-refractivity contribution in [3.63, 3.8) is 0 Å². The molecule has 6 heteroatoms. The molecule has 0 aliphatic heterocycles. The Morgan fingerprint density at radius 1 is 1.08 bits per heavy atom. The molecule has 0 heterocycles. The number of rotatable bonds is 5. The number of nitro benzene ring substituents is 1. The molecule has 0 bridgehead atoms. The average molecular weight is 353 g/mol. The second-order valence-electron chi connectivity index (χ2n) is 7.16. The van der Waals surface area contributed by atoms with Crippen LogP contribution >= 0.6 is 0 Å². The average Bonchev–Trinajstić information content (AvgIpc) is 2.59. The van der Waals surface area contributed by atoms with Crippen molar-refractivity contribution >= 4 is 17.3 Å². The second-order valence-corrected chi connectivity index (χ2v) is 7.16. The highest BCUT2D eigenvalue weighted by Crippen LogP contribution is 2.22. The van der Waals surface area contributed by atoms with Gasteiger partial charge in [0.1, 0.15) is 0 Å². The number of nitro groups is 1. The molecule has 0 aliphatic rings. The third-order valence-electron chi connectivity index (χ3n) is 4.03. The summed E-state index contributed by atoms with van der Waals surface area (Å²) in [6, 6.07) is 14.0. The largest absolute Gasteiger partial charge is 0.273 e. The number of hydrazone groups is 1. The van der Waals surface area contributed by atoms with E-state index in [1.807, 2.05) is 19.1 Å². The molecule has 0 radical (unpaired) electrons. The van der Waals surface area contributed by atoms with E-state index in [4.69, 9.17) is 0 Å². The van der Waals surface area contributed by atoms with Crippen LogP contribution in [0.3, 0.4) is 0 Å². The van der Waals surface area contributed by atoms with Crippen LogP contribution in [0.15, 0.2) is 53.6 Å². The van der Waals surface area contributed by atoms with Crippen molar-refractivity contribution in [3.8, 4) is 0 Å². The van der Waals surface area contributed by atoms with Crippen molar-refractivity contribution in [2.75, 3.05) is 0 Å². The molecule has 0 aromatic heterocycles. The van der Waals surface area contributed by atoms with Crippen molar-refractivity contribution in [1.29, 1.82) is 0 Å². The number of carbonyl (C=O) groups excluding carboxylic acids is 1. The molecule has 0 spiro atoms. The molecule has 0 saturated heterocycles. The maximum absolute atomic E-state index is 12.0. The molecule has 2 rings (SSSR count). The molecule has 2 aromatic carbocycles. The first-order chi connectivity index (χ1) is 12.2. The zero-order chi connectivity index (χ0) is 19.3. The van der Waals surface area contributed by atoms with Gasteiger partial charge in [-0.05, 0) is 29.0 Å². The summed E-state index contributed by atoms with van der Waals surface area (Å²) in [5, 5.41) is 14.8. The highest BCUT2D eigenvalue weighted by Gasteiger charge is 2.13. The lowest BCUT2D eigenvalue weighted by Gasteiger charge is -2.19. The Morgan fingerprint density at radius 2 is 1.65 bits per heavy atom. The molecule has 0 aliphatic carbocycles. The Balaban J connectivity index is 1.97. The van der Waals surface area contributed by atoms with Gasteiger partial charge in [0.25, 0.3) is 5.69 Å². The Bertz CT molecular complexity index is 817. The summed E-state index contributed by atoms with van der Waals surface area (Å²) >= 11 is 0. The maximum Gasteiger partial charge on any atom is 0.269 e. The van der Waals surface area contributed by atoms with Crippen LogP contribution in [-0.2, 0) is 16.6 Å². The highest BCUT2D eigenvalue weighted by atomic mass is 16.6. The summed E-state index contributed by atoms with van der Waals surface area (Å²) in [6.07, 6.45) is 0.109. The van der Waals surface area contributed by atoms with E-state index in [1.54, 1.807) is 12.1 Å². The van der Waals surface area contributed by atoms with Crippen LogP contribution in [-0.4, -0.2) is 16.5 Å². The molecule has 1 amide bonds. The zero-order valence-corrected chi connectivity index (χ0v) is 15.4. The van der Waals surface area contributed by atoms with Gasteiger partial charge in [0.05, 0.1) is 17.1 Å². The van der Waals surface area contributed by atoms with Gasteiger partial charge in [0.2, 0.25) is 5.91 Å². The second kappa shape index (κ2) is 7.91. The van der Waals surface area contributed by atoms with E-state index in [0.29, 0.717) is 11.3 Å². The van der Waals surface area contributed by atoms with Crippen molar-refractivity contribution in [2.45, 2.75) is 39.5 Å². The number of carbonyl (C=O) groups is 1. The zero-order valence-electron chi connectivity index (χ0n) is 15.4. The van der Waals surface area contributed by atoms with Crippen molar-refractivity contribution in [2.24, 2.45) is 5.10 Å². The van der Waals surface area contributed by atoms with Crippen LogP contribution in [0.4, 0.5) is 5.69 Å². The maximum atomic E-state index is 12.0. The number of benzene rings is 2. The SMILES string of the molecule is C/C(=N\NC(=O)Cc1ccc([N+](=O)[O-])cc1)c1ccc(C(C)(C)C)cc1. The molecular formula is C20H23N3O3. The smallest absolute Gasteiger partial charge is 0.269 e. The van der Waals surface area contributed by atoms with Gasteiger partial charge < -0.3 is 0 Å². The number of hydrogen-bond donors (Lipinski definition) is 1. The van der Waals surface area contributed by atoms with Gasteiger partial charge in [0.15, 0.2) is 0 Å². The third kappa shape index (κ3) is 5.24. The predicted octanol–water partition coefficient (Wildman–Crippen LogP) is 3.98. The lowest BCUT2D eigenvalue weighted by Crippen LogP contribution is -2.21. The summed E-state index contributed by atoms with van der Waals surface area (Å²) in [6.45, 7) is 8.29. The van der Waals surface area contributed by atoms with Crippen LogP contribution in [0.5, 0.6) is 0 Å². The van der Waals surface area contributed by atoms with E-state index in [1.165, 1.54) is 17.7 Å². The lowest BCUT2D eigenvalue weighted by atomic mass is 9.86. The van der Waals surface area contributed by atoms with Gasteiger partial charge in [-0.3, -0.25) is 14.9 Å². The topological polar surface area (TPSA) is 84.6 Å². The van der Waals surface area contributed by atoms with Crippen LogP contribution in [0.2, 0.25) is 0 Å². The minimum atomic E-state index is -0.470. The first-order valence-corrected chi connectivity index (χ1v) is 8.34. The monoisotopic (exact) mass is 353 g/mol. The third-order valence-corrected chi connectivity index (χ3v) is 4.03. The molecule has 2 aromatic rings. The fraction of sp³-hybridized carbons (Fsp3) is 0.300. The molecule has 1 N–H and O–H groups in total. The van der Waals surface area contributed by atoms with Crippen molar-refractivity contribution < 1.29 is 9.72 Å². The van der Waals surface area contributed by atoms with Crippen molar-refractivity contribution in [1.82, 2.24) is 5.43 Å². The number of non-ortho nitro benzene ring substituents is 1. The lowest BCUT2D eigenvalue weighted by molar-refractivity contribution is -0.384. The Morgan fingerprint density at radius 3 is 2.15 bits per heavy atom. The Kier molecular flexibility index (Phi) is 5.87. The first-order valence-electron chi connectivity index (χ1n) is 8.34. The van der Waals surface area contributed by atoms with Gasteiger partial charge in [-0.15, -0.1) is 0 Å². The van der Waals surface area contributed by atoms with E-state index in [0.717, 1.165) is 5.56 Å². The summed E-state index contributed by atoms with van der Waals surface area (Å²) < 4.78 is 0. The summed E-state index contributed by atoms with van der Waals surface area (Å²) in [5.74, 6) is -0.274. The molecule has 136 valence electrons. The highest BCUT2D eigenvalue weighted by molar-refractivity contribution is 5.99. The van der Waals surface area contributed by atoms with Crippen LogP contribution in [0, 0.1) is 10.1 Å². The summed E-state index contributed by atoms with van der Waals surface area (Å²) in [4.78, 5) is 22.2. The number of nitrogens with zero attached hydrogens (tertiary/aromatic N) is 2. The van der Waals surface area contributed by atoms with E-state index in [2.05, 4.69) is 43.4 Å². The van der Waals surface area contributed by atoms with Gasteiger partial charge in [-0.25, -0.2) is 5.43 Å². The molecule has 0 atom stereocenters. The fourth-order valence-electron chi connectivity index (χ4n) is 2.38. The van der Waals surface area contributed by atoms with Crippen LogP contribution in [0.1, 0.15) is 44.4 Å². The molecule has 0 fully saturated rings. The van der Waals surface area contributed by atoms with Crippen LogP contribution in [0.25, 0.3) is 0 Å². The van der Waals surface area contributed by atoms with E-state index >= 15 is 0 Å². The number of hydrogen-bond acceptors (Lipinski definition) is 4. The van der Waals surface area contributed by atoms with Gasteiger partial charge >= 0.3 is 0 Å². The Labute approximate surface area is 153 Å². The summed E-state index contributed by atoms with van der Waals surface area (Å²) in [5.41, 5.74) is 6.19. The van der Waals surface area contributed by atoms with Gasteiger partial charge in [-0.1, -0.05) is 57.2 Å². The predicted molar refractivity (Wildman–Crippen MR) is 102 cm³/mol. The Hall–Kier alpha value is -3.02. The normalized spacial score (nSPS) is 11.9.